The average Bonchev–Trinajstić information content (AvgIpc) is 2.99. The van der Waals surface area contributed by atoms with Crippen molar-refractivity contribution in [1.29, 1.82) is 0 Å². The van der Waals surface area contributed by atoms with Crippen LogP contribution in [0.4, 0.5) is 5.69 Å². The summed E-state index contributed by atoms with van der Waals surface area (Å²) in [5.41, 5.74) is 7.51. The van der Waals surface area contributed by atoms with E-state index in [2.05, 4.69) is 34.3 Å². The van der Waals surface area contributed by atoms with Gasteiger partial charge in [-0.1, -0.05) is 38.3 Å². The fourth-order valence-electron chi connectivity index (χ4n) is 5.42. The monoisotopic (exact) mass is 520 g/mol. The maximum atomic E-state index is 13.4. The first kappa shape index (κ1) is 26.5. The number of ether oxygens (including phenoxy) is 1. The van der Waals surface area contributed by atoms with Crippen LogP contribution in [0.3, 0.4) is 0 Å². The largest absolute Gasteiger partial charge is 0.495 e. The summed E-state index contributed by atoms with van der Waals surface area (Å²) in [6, 6.07) is 17.9. The molecule has 0 bridgehead atoms. The molecule has 0 atom stereocenters. The molecule has 1 aliphatic carbocycles. The van der Waals surface area contributed by atoms with Crippen LogP contribution in [-0.4, -0.2) is 28.0 Å². The van der Waals surface area contributed by atoms with Gasteiger partial charge in [-0.05, 0) is 84.8 Å². The van der Waals surface area contributed by atoms with Crippen molar-refractivity contribution in [3.05, 3.63) is 101 Å². The summed E-state index contributed by atoms with van der Waals surface area (Å²) in [5, 5.41) is 3.12. The number of carbonyl (C=O) groups is 1. The third-order valence-electron chi connectivity index (χ3n) is 7.71. The molecule has 0 spiro atoms. The highest BCUT2D eigenvalue weighted by molar-refractivity contribution is 6.05. The van der Waals surface area contributed by atoms with Crippen molar-refractivity contribution in [1.82, 2.24) is 15.0 Å². The summed E-state index contributed by atoms with van der Waals surface area (Å²) >= 11 is 0. The Morgan fingerprint density at radius 2 is 1.85 bits per heavy atom. The normalized spacial score (nSPS) is 13.7. The Morgan fingerprint density at radius 3 is 2.64 bits per heavy atom. The first-order chi connectivity index (χ1) is 19.1. The molecule has 1 fully saturated rings. The molecule has 1 saturated carbocycles. The number of methoxy groups -OCH3 is 1. The van der Waals surface area contributed by atoms with E-state index in [-0.39, 0.29) is 5.91 Å². The van der Waals surface area contributed by atoms with Gasteiger partial charge in [-0.15, -0.1) is 0 Å². The zero-order valence-electron chi connectivity index (χ0n) is 23.0. The SMILES string of the molecule is CCc1nccc(-c2cccnc2Cc2cc(C(=O)Nc3cc(C4CCCCC4)ccc3OC)ccc2C)n1. The van der Waals surface area contributed by atoms with Crippen molar-refractivity contribution in [2.45, 2.75) is 64.7 Å². The molecule has 2 heterocycles. The Morgan fingerprint density at radius 1 is 1.00 bits per heavy atom. The summed E-state index contributed by atoms with van der Waals surface area (Å²) in [6.07, 6.45) is 11.2. The highest BCUT2D eigenvalue weighted by Crippen LogP contribution is 2.36. The van der Waals surface area contributed by atoms with Crippen LogP contribution in [0.5, 0.6) is 5.75 Å². The van der Waals surface area contributed by atoms with Crippen molar-refractivity contribution in [2.24, 2.45) is 0 Å². The van der Waals surface area contributed by atoms with E-state index >= 15 is 0 Å². The lowest BCUT2D eigenvalue weighted by molar-refractivity contribution is 0.102. The number of hydrogen-bond donors (Lipinski definition) is 1. The van der Waals surface area contributed by atoms with E-state index in [4.69, 9.17) is 9.72 Å². The molecule has 0 unspecified atom stereocenters. The maximum absolute atomic E-state index is 13.4. The van der Waals surface area contributed by atoms with Crippen molar-refractivity contribution < 1.29 is 9.53 Å². The van der Waals surface area contributed by atoms with Crippen LogP contribution in [0, 0.1) is 6.92 Å². The second-order valence-corrected chi connectivity index (χ2v) is 10.3. The van der Waals surface area contributed by atoms with E-state index in [0.717, 1.165) is 46.0 Å². The molecule has 0 radical (unpaired) electrons. The lowest BCUT2D eigenvalue weighted by atomic mass is 9.84. The molecule has 1 N–H and O–H groups in total. The third kappa shape index (κ3) is 6.17. The predicted octanol–water partition coefficient (Wildman–Crippen LogP) is 7.31. The van der Waals surface area contributed by atoms with Crippen LogP contribution in [0.1, 0.15) is 83.5 Å². The molecule has 1 aliphatic rings. The van der Waals surface area contributed by atoms with Gasteiger partial charge in [-0.2, -0.15) is 0 Å². The standard InChI is InChI=1S/C33H36N4O2/c1-4-32-35-18-16-28(36-32)27-11-8-17-34-29(27)21-26-19-25(13-12-22(26)2)33(38)37-30-20-24(14-15-31(30)39-3)23-9-6-5-7-10-23/h8,11-20,23H,4-7,9-10,21H2,1-3H3,(H,37,38). The van der Waals surface area contributed by atoms with Crippen molar-refractivity contribution >= 4 is 11.6 Å². The van der Waals surface area contributed by atoms with E-state index in [9.17, 15) is 4.79 Å². The number of aromatic nitrogens is 3. The predicted molar refractivity (Wildman–Crippen MR) is 155 cm³/mol. The topological polar surface area (TPSA) is 77.0 Å². The number of pyridine rings is 1. The van der Waals surface area contributed by atoms with Crippen molar-refractivity contribution in [2.75, 3.05) is 12.4 Å². The second kappa shape index (κ2) is 12.2. The zero-order chi connectivity index (χ0) is 27.2. The number of aryl methyl sites for hydroxylation is 2. The van der Waals surface area contributed by atoms with Crippen LogP contribution in [-0.2, 0) is 12.8 Å². The number of hydrogen-bond acceptors (Lipinski definition) is 5. The molecule has 0 aliphatic heterocycles. The average molecular weight is 521 g/mol. The van der Waals surface area contributed by atoms with E-state index < -0.39 is 0 Å². The van der Waals surface area contributed by atoms with Gasteiger partial charge in [0.2, 0.25) is 0 Å². The summed E-state index contributed by atoms with van der Waals surface area (Å²) in [4.78, 5) is 27.2. The molecule has 1 amide bonds. The Balaban J connectivity index is 1.40. The van der Waals surface area contributed by atoms with Gasteiger partial charge in [0.1, 0.15) is 11.6 Å². The van der Waals surface area contributed by atoms with Gasteiger partial charge >= 0.3 is 0 Å². The summed E-state index contributed by atoms with van der Waals surface area (Å²) in [6.45, 7) is 4.11. The van der Waals surface area contributed by atoms with Crippen LogP contribution in [0.25, 0.3) is 11.3 Å². The molecule has 39 heavy (non-hydrogen) atoms. The zero-order valence-corrected chi connectivity index (χ0v) is 23.0. The van der Waals surface area contributed by atoms with E-state index in [1.165, 1.54) is 37.7 Å². The van der Waals surface area contributed by atoms with Crippen LogP contribution in [0.15, 0.2) is 67.0 Å². The fourth-order valence-corrected chi connectivity index (χ4v) is 5.42. The lowest BCUT2D eigenvalue weighted by Crippen LogP contribution is -2.14. The first-order valence-corrected chi connectivity index (χ1v) is 13.9. The molecule has 200 valence electrons. The Kier molecular flexibility index (Phi) is 8.30. The minimum absolute atomic E-state index is 0.153. The van der Waals surface area contributed by atoms with Crippen molar-refractivity contribution in [3.63, 3.8) is 0 Å². The third-order valence-corrected chi connectivity index (χ3v) is 7.71. The molecule has 5 rings (SSSR count). The van der Waals surface area contributed by atoms with E-state index in [1.807, 2.05) is 49.4 Å². The number of rotatable bonds is 8. The number of amides is 1. The second-order valence-electron chi connectivity index (χ2n) is 10.3. The highest BCUT2D eigenvalue weighted by Gasteiger charge is 2.19. The summed E-state index contributed by atoms with van der Waals surface area (Å²) < 4.78 is 5.58. The summed E-state index contributed by atoms with van der Waals surface area (Å²) in [7, 11) is 1.64. The van der Waals surface area contributed by atoms with Gasteiger partial charge < -0.3 is 10.1 Å². The lowest BCUT2D eigenvalue weighted by Gasteiger charge is -2.23. The minimum atomic E-state index is -0.153. The van der Waals surface area contributed by atoms with Gasteiger partial charge in [0.25, 0.3) is 5.91 Å². The molecule has 4 aromatic rings. The molecule has 6 nitrogen and oxygen atoms in total. The quantitative estimate of drug-likeness (QED) is 0.264. The molecule has 2 aromatic heterocycles. The van der Waals surface area contributed by atoms with Gasteiger partial charge in [0.05, 0.1) is 24.2 Å². The van der Waals surface area contributed by atoms with Gasteiger partial charge in [0, 0.05) is 36.4 Å². The van der Waals surface area contributed by atoms with Gasteiger partial charge in [-0.25, -0.2) is 9.97 Å². The van der Waals surface area contributed by atoms with Crippen LogP contribution < -0.4 is 10.1 Å². The maximum Gasteiger partial charge on any atom is 0.255 e. The number of anilines is 1. The smallest absolute Gasteiger partial charge is 0.255 e. The molecule has 6 heteroatoms. The highest BCUT2D eigenvalue weighted by atomic mass is 16.5. The molecular formula is C33H36N4O2. The summed E-state index contributed by atoms with van der Waals surface area (Å²) in [5.74, 6) is 1.87. The fraction of sp³-hybridized carbons (Fsp3) is 0.333. The van der Waals surface area contributed by atoms with Gasteiger partial charge in [0.15, 0.2) is 0 Å². The van der Waals surface area contributed by atoms with Crippen LogP contribution >= 0.6 is 0 Å². The first-order valence-electron chi connectivity index (χ1n) is 13.9. The Bertz CT molecular complexity index is 1460. The molecule has 2 aromatic carbocycles. The van der Waals surface area contributed by atoms with Gasteiger partial charge in [-0.3, -0.25) is 9.78 Å². The van der Waals surface area contributed by atoms with Crippen molar-refractivity contribution in [3.8, 4) is 17.0 Å². The Labute approximate surface area is 230 Å². The van der Waals surface area contributed by atoms with Crippen LogP contribution in [0.2, 0.25) is 0 Å². The van der Waals surface area contributed by atoms with E-state index in [0.29, 0.717) is 23.7 Å². The number of carbonyl (C=O) groups excluding carboxylic acids is 1. The number of nitrogens with zero attached hydrogens (tertiary/aromatic N) is 3. The number of nitrogens with one attached hydrogen (secondary N) is 1. The van der Waals surface area contributed by atoms with E-state index in [1.54, 1.807) is 19.5 Å². The Hall–Kier alpha value is -4.06. The molecular weight excluding hydrogens is 484 g/mol. The number of benzene rings is 2. The minimum Gasteiger partial charge on any atom is -0.495 e. The molecule has 0 saturated heterocycles.